The van der Waals surface area contributed by atoms with Gasteiger partial charge in [-0.15, -0.1) is 0 Å². The molecule has 0 rings (SSSR count). The predicted octanol–water partition coefficient (Wildman–Crippen LogP) is -0.880. The molecule has 9 heteroatoms. The molecule has 0 aliphatic carbocycles. The van der Waals surface area contributed by atoms with Gasteiger partial charge in [-0.1, -0.05) is 19.2 Å². The van der Waals surface area contributed by atoms with Crippen LogP contribution >= 0.6 is 0 Å². The Bertz CT molecular complexity index is 247. The van der Waals surface area contributed by atoms with Crippen molar-refractivity contribution in [1.82, 2.24) is 0 Å². The smallest absolute Gasteiger partial charge is 0.371 e. The molecule has 0 saturated carbocycles. The van der Waals surface area contributed by atoms with E-state index >= 15 is 0 Å². The second-order valence-corrected chi connectivity index (χ2v) is 3.79. The number of halogens is 2. The standard InChI is InChI=1S/C7H15BF2NO5/c9-5(10)7(11,6(12)13)3-1-2-4-8(14,15)16/h5,14-16H,1-4,11H2,(H,12,13)/q-1/t7-/m1/s1. The third-order valence-corrected chi connectivity index (χ3v) is 2.22. The lowest BCUT2D eigenvalue weighted by molar-refractivity contribution is -0.150. The van der Waals surface area contributed by atoms with Gasteiger partial charge in [0.25, 0.3) is 6.43 Å². The fourth-order valence-corrected chi connectivity index (χ4v) is 1.15. The first-order valence-electron chi connectivity index (χ1n) is 4.73. The van der Waals surface area contributed by atoms with Gasteiger partial charge in [0.05, 0.1) is 0 Å². The van der Waals surface area contributed by atoms with Crippen LogP contribution in [-0.2, 0) is 4.79 Å². The maximum atomic E-state index is 12.3. The van der Waals surface area contributed by atoms with Gasteiger partial charge in [0.15, 0.2) is 5.54 Å². The Morgan fingerprint density at radius 2 is 1.81 bits per heavy atom. The second-order valence-electron chi connectivity index (χ2n) is 3.79. The SMILES string of the molecule is N[C@@](CCCC[B-](O)(O)O)(C(=O)O)C(F)F. The highest BCUT2D eigenvalue weighted by Gasteiger charge is 2.43. The van der Waals surface area contributed by atoms with E-state index in [1.54, 1.807) is 0 Å². The maximum Gasteiger partial charge on any atom is 0.371 e. The molecule has 1 atom stereocenters. The summed E-state index contributed by atoms with van der Waals surface area (Å²) in [6.45, 7) is -3.46. The Morgan fingerprint density at radius 1 is 1.31 bits per heavy atom. The van der Waals surface area contributed by atoms with Crippen LogP contribution in [0.2, 0.25) is 6.32 Å². The van der Waals surface area contributed by atoms with E-state index in [0.717, 1.165) is 0 Å². The molecule has 6 N–H and O–H groups in total. The van der Waals surface area contributed by atoms with Crippen molar-refractivity contribution in [3.05, 3.63) is 0 Å². The summed E-state index contributed by atoms with van der Waals surface area (Å²) >= 11 is 0. The molecule has 16 heavy (non-hydrogen) atoms. The van der Waals surface area contributed by atoms with Gasteiger partial charge in [-0.3, -0.25) is 0 Å². The summed E-state index contributed by atoms with van der Waals surface area (Å²) in [4.78, 5) is 10.5. The Labute approximate surface area is 90.7 Å². The molecule has 0 heterocycles. The van der Waals surface area contributed by atoms with E-state index in [4.69, 9.17) is 25.9 Å². The van der Waals surface area contributed by atoms with Gasteiger partial charge >= 0.3 is 12.7 Å². The molecular formula is C7H15BF2NO5-. The minimum atomic E-state index is -3.46. The van der Waals surface area contributed by atoms with E-state index in [1.807, 2.05) is 0 Å². The highest BCUT2D eigenvalue weighted by Crippen LogP contribution is 2.21. The Balaban J connectivity index is 4.11. The predicted molar refractivity (Wildman–Crippen MR) is 51.6 cm³/mol. The van der Waals surface area contributed by atoms with E-state index in [9.17, 15) is 13.6 Å². The van der Waals surface area contributed by atoms with Crippen molar-refractivity contribution in [3.63, 3.8) is 0 Å². The van der Waals surface area contributed by atoms with Gasteiger partial charge < -0.3 is 25.9 Å². The molecule has 0 fully saturated rings. The lowest BCUT2D eigenvalue weighted by Gasteiger charge is -2.25. The molecule has 0 aromatic carbocycles. The van der Waals surface area contributed by atoms with Crippen molar-refractivity contribution in [3.8, 4) is 0 Å². The first kappa shape index (κ1) is 15.2. The molecule has 96 valence electrons. The summed E-state index contributed by atoms with van der Waals surface area (Å²) in [7, 11) is 0. The minimum Gasteiger partial charge on any atom is -0.560 e. The van der Waals surface area contributed by atoms with Crippen molar-refractivity contribution in [2.75, 3.05) is 0 Å². The fourth-order valence-electron chi connectivity index (χ4n) is 1.15. The van der Waals surface area contributed by atoms with Gasteiger partial charge in [-0.05, 0) is 6.42 Å². The number of carbonyl (C=O) groups is 1. The van der Waals surface area contributed by atoms with Gasteiger partial charge in [0.1, 0.15) is 0 Å². The summed E-state index contributed by atoms with van der Waals surface area (Å²) in [6.07, 6.45) is -4.19. The van der Waals surface area contributed by atoms with Crippen LogP contribution in [-0.4, -0.2) is 44.9 Å². The number of nitrogens with two attached hydrogens (primary N) is 1. The van der Waals surface area contributed by atoms with Crippen LogP contribution in [0.1, 0.15) is 19.3 Å². The second kappa shape index (κ2) is 5.53. The molecule has 0 amide bonds. The van der Waals surface area contributed by atoms with E-state index in [0.29, 0.717) is 0 Å². The van der Waals surface area contributed by atoms with Crippen LogP contribution in [0.3, 0.4) is 0 Å². The molecular weight excluding hydrogens is 227 g/mol. The number of unbranched alkanes of at least 4 members (excludes halogenated alkanes) is 1. The molecule has 0 aromatic heterocycles. The van der Waals surface area contributed by atoms with Crippen molar-refractivity contribution in [2.24, 2.45) is 5.73 Å². The van der Waals surface area contributed by atoms with E-state index in [-0.39, 0.29) is 12.8 Å². The van der Waals surface area contributed by atoms with Crippen LogP contribution in [0.5, 0.6) is 0 Å². The number of alkyl halides is 2. The molecule has 0 aliphatic heterocycles. The van der Waals surface area contributed by atoms with E-state index in [2.05, 4.69) is 0 Å². The topological polar surface area (TPSA) is 124 Å². The lowest BCUT2D eigenvalue weighted by atomic mass is 9.73. The van der Waals surface area contributed by atoms with Gasteiger partial charge in [0, 0.05) is 0 Å². The van der Waals surface area contributed by atoms with Crippen LogP contribution in [0.4, 0.5) is 8.78 Å². The quantitative estimate of drug-likeness (QED) is 0.291. The van der Waals surface area contributed by atoms with E-state index in [1.165, 1.54) is 0 Å². The van der Waals surface area contributed by atoms with Gasteiger partial charge in [0.2, 0.25) is 0 Å². The van der Waals surface area contributed by atoms with Gasteiger partial charge in [-0.25, -0.2) is 13.6 Å². The van der Waals surface area contributed by atoms with Crippen LogP contribution < -0.4 is 5.73 Å². The zero-order valence-corrected chi connectivity index (χ0v) is 8.51. The van der Waals surface area contributed by atoms with Crippen LogP contribution in [0, 0.1) is 0 Å². The summed E-state index contributed by atoms with van der Waals surface area (Å²) in [6, 6.07) is 0. The normalized spacial score (nSPS) is 16.2. The zero-order valence-electron chi connectivity index (χ0n) is 8.51. The van der Waals surface area contributed by atoms with Crippen molar-refractivity contribution >= 4 is 12.7 Å². The van der Waals surface area contributed by atoms with Crippen molar-refractivity contribution in [2.45, 2.75) is 37.5 Å². The Morgan fingerprint density at radius 3 is 2.12 bits per heavy atom. The van der Waals surface area contributed by atoms with Gasteiger partial charge in [-0.2, -0.15) is 0 Å². The number of hydrogen-bond acceptors (Lipinski definition) is 5. The lowest BCUT2D eigenvalue weighted by Crippen LogP contribution is -2.54. The number of carboxylic acid groups (broad SMARTS) is 1. The van der Waals surface area contributed by atoms with Crippen LogP contribution in [0.25, 0.3) is 0 Å². The maximum absolute atomic E-state index is 12.3. The number of hydrogen-bond donors (Lipinski definition) is 5. The molecule has 0 unspecified atom stereocenters. The molecule has 0 bridgehead atoms. The molecule has 0 aromatic rings. The first-order chi connectivity index (χ1) is 7.09. The monoisotopic (exact) mass is 242 g/mol. The third-order valence-electron chi connectivity index (χ3n) is 2.22. The highest BCUT2D eigenvalue weighted by atomic mass is 19.3. The van der Waals surface area contributed by atoms with Crippen molar-refractivity contribution < 1.29 is 33.8 Å². The number of carboxylic acids is 1. The summed E-state index contributed by atoms with van der Waals surface area (Å²) in [5, 5.41) is 34.1. The number of rotatable bonds is 7. The van der Waals surface area contributed by atoms with Crippen molar-refractivity contribution in [1.29, 1.82) is 0 Å². The Hall–Kier alpha value is -0.765. The molecule has 0 radical (unpaired) electrons. The molecule has 0 aliphatic rings. The molecule has 6 nitrogen and oxygen atoms in total. The highest BCUT2D eigenvalue weighted by molar-refractivity contribution is 6.56. The average Bonchev–Trinajstić information content (AvgIpc) is 2.09. The number of aliphatic carboxylic acids is 1. The first-order valence-corrected chi connectivity index (χ1v) is 4.73. The molecule has 0 saturated heterocycles. The largest absolute Gasteiger partial charge is 0.560 e. The average molecular weight is 242 g/mol. The van der Waals surface area contributed by atoms with Crippen LogP contribution in [0.15, 0.2) is 0 Å². The Kier molecular flexibility index (Phi) is 5.27. The zero-order chi connectivity index (χ0) is 13.0. The summed E-state index contributed by atoms with van der Waals surface area (Å²) < 4.78 is 24.7. The summed E-state index contributed by atoms with van der Waals surface area (Å²) in [5.41, 5.74) is 2.37. The fraction of sp³-hybridized carbons (Fsp3) is 0.857. The summed E-state index contributed by atoms with van der Waals surface area (Å²) in [5.74, 6) is -1.81. The minimum absolute atomic E-state index is 0.0115. The molecule has 0 spiro atoms. The van der Waals surface area contributed by atoms with E-state index < -0.39 is 37.4 Å². The third kappa shape index (κ3) is 4.84.